The van der Waals surface area contributed by atoms with E-state index in [2.05, 4.69) is 0 Å². The molecular formula is C17H10N2O5. The largest absolute Gasteiger partial charge is 0.478 e. The fourth-order valence-corrected chi connectivity index (χ4v) is 2.02. The average Bonchev–Trinajstić information content (AvgIpc) is 2.55. The van der Waals surface area contributed by atoms with E-state index in [4.69, 9.17) is 25.5 Å². The highest BCUT2D eigenvalue weighted by atomic mass is 16.5. The van der Waals surface area contributed by atoms with E-state index in [1.165, 1.54) is 12.1 Å². The number of carbonyl (C=O) groups is 2. The van der Waals surface area contributed by atoms with Gasteiger partial charge in [0.1, 0.15) is 11.5 Å². The predicted octanol–water partition coefficient (Wildman–Crippen LogP) is 2.93. The Balaban J connectivity index is 2.52. The van der Waals surface area contributed by atoms with E-state index in [0.717, 1.165) is 18.2 Å². The van der Waals surface area contributed by atoms with E-state index in [-0.39, 0.29) is 33.8 Å². The van der Waals surface area contributed by atoms with Crippen LogP contribution in [-0.2, 0) is 0 Å². The number of benzene rings is 2. The molecular weight excluding hydrogens is 312 g/mol. The zero-order chi connectivity index (χ0) is 17.9. The Morgan fingerprint density at radius 1 is 0.875 bits per heavy atom. The lowest BCUT2D eigenvalue weighted by molar-refractivity contribution is 0.0696. The first-order valence-electron chi connectivity index (χ1n) is 6.60. The van der Waals surface area contributed by atoms with Gasteiger partial charge >= 0.3 is 11.9 Å². The summed E-state index contributed by atoms with van der Waals surface area (Å²) in [5.74, 6) is -2.50. The second kappa shape index (κ2) is 6.51. The first-order chi connectivity index (χ1) is 11.3. The number of nitrogens with zero attached hydrogens (tertiary/aromatic N) is 2. The van der Waals surface area contributed by atoms with E-state index in [1.807, 2.05) is 12.1 Å². The molecule has 24 heavy (non-hydrogen) atoms. The molecule has 2 rings (SSSR count). The average molecular weight is 322 g/mol. The highest BCUT2D eigenvalue weighted by molar-refractivity contribution is 5.94. The minimum absolute atomic E-state index is 0.0241. The van der Waals surface area contributed by atoms with Crippen molar-refractivity contribution in [2.45, 2.75) is 6.92 Å². The van der Waals surface area contributed by atoms with Crippen LogP contribution in [0.3, 0.4) is 0 Å². The molecule has 2 aromatic carbocycles. The molecule has 118 valence electrons. The van der Waals surface area contributed by atoms with Gasteiger partial charge in [-0.15, -0.1) is 0 Å². The summed E-state index contributed by atoms with van der Waals surface area (Å²) in [4.78, 5) is 22.2. The molecule has 0 aliphatic rings. The monoisotopic (exact) mass is 322 g/mol. The first kappa shape index (κ1) is 16.5. The van der Waals surface area contributed by atoms with Crippen molar-refractivity contribution in [1.82, 2.24) is 0 Å². The lowest BCUT2D eigenvalue weighted by atomic mass is 10.0. The normalized spacial score (nSPS) is 9.62. The standard InChI is InChI=1S/C17H10N2O5/c1-9-12(7-18)5-15(6-13(9)8-19)24-14-3-10(16(20)21)2-11(4-14)17(22)23/h2-6H,1H3,(H,20,21)(H,22,23). The number of rotatable bonds is 4. The maximum absolute atomic E-state index is 11.1. The van der Waals surface area contributed by atoms with E-state index in [9.17, 15) is 9.59 Å². The number of ether oxygens (including phenoxy) is 1. The van der Waals surface area contributed by atoms with Crippen LogP contribution < -0.4 is 4.74 Å². The molecule has 0 radical (unpaired) electrons. The number of hydrogen-bond acceptors (Lipinski definition) is 5. The molecule has 0 bridgehead atoms. The SMILES string of the molecule is Cc1c(C#N)cc(Oc2cc(C(=O)O)cc(C(=O)O)c2)cc1C#N. The molecule has 7 nitrogen and oxygen atoms in total. The van der Waals surface area contributed by atoms with Crippen molar-refractivity contribution in [3.05, 3.63) is 58.1 Å². The third-order valence-corrected chi connectivity index (χ3v) is 3.26. The maximum atomic E-state index is 11.1. The summed E-state index contributed by atoms with van der Waals surface area (Å²) in [5, 5.41) is 36.3. The number of hydrogen-bond donors (Lipinski definition) is 2. The summed E-state index contributed by atoms with van der Waals surface area (Å²) in [6.45, 7) is 1.62. The molecule has 0 aromatic heterocycles. The predicted molar refractivity (Wildman–Crippen MR) is 81.0 cm³/mol. The van der Waals surface area contributed by atoms with Gasteiger partial charge in [-0.3, -0.25) is 0 Å². The second-order valence-corrected chi connectivity index (χ2v) is 4.83. The Hall–Kier alpha value is -3.84. The summed E-state index contributed by atoms with van der Waals surface area (Å²) in [7, 11) is 0. The molecule has 0 saturated carbocycles. The van der Waals surface area contributed by atoms with Crippen LogP contribution in [0.4, 0.5) is 0 Å². The van der Waals surface area contributed by atoms with Crippen LogP contribution in [0.2, 0.25) is 0 Å². The van der Waals surface area contributed by atoms with Gasteiger partial charge in [0.05, 0.1) is 34.4 Å². The van der Waals surface area contributed by atoms with E-state index >= 15 is 0 Å². The van der Waals surface area contributed by atoms with Crippen LogP contribution >= 0.6 is 0 Å². The van der Waals surface area contributed by atoms with Crippen molar-refractivity contribution < 1.29 is 24.5 Å². The molecule has 0 spiro atoms. The summed E-state index contributed by atoms with van der Waals surface area (Å²) in [6.07, 6.45) is 0. The second-order valence-electron chi connectivity index (χ2n) is 4.83. The number of nitriles is 2. The van der Waals surface area contributed by atoms with Gasteiger partial charge in [-0.05, 0) is 42.8 Å². The van der Waals surface area contributed by atoms with Gasteiger partial charge < -0.3 is 14.9 Å². The molecule has 0 aliphatic carbocycles. The van der Waals surface area contributed by atoms with Gasteiger partial charge in [-0.2, -0.15) is 10.5 Å². The minimum atomic E-state index is -1.30. The van der Waals surface area contributed by atoms with Crippen molar-refractivity contribution in [3.8, 4) is 23.6 Å². The van der Waals surface area contributed by atoms with Crippen LogP contribution in [0.5, 0.6) is 11.5 Å². The number of carboxylic acid groups (broad SMARTS) is 2. The van der Waals surface area contributed by atoms with Crippen LogP contribution in [0.25, 0.3) is 0 Å². The molecule has 0 heterocycles. The van der Waals surface area contributed by atoms with Gasteiger partial charge in [0, 0.05) is 0 Å². The van der Waals surface area contributed by atoms with Crippen molar-refractivity contribution in [3.63, 3.8) is 0 Å². The Kier molecular flexibility index (Phi) is 4.48. The van der Waals surface area contributed by atoms with Crippen molar-refractivity contribution in [2.24, 2.45) is 0 Å². The van der Waals surface area contributed by atoms with Crippen LogP contribution in [0.1, 0.15) is 37.4 Å². The van der Waals surface area contributed by atoms with Crippen LogP contribution in [-0.4, -0.2) is 22.2 Å². The van der Waals surface area contributed by atoms with Crippen molar-refractivity contribution in [2.75, 3.05) is 0 Å². The van der Waals surface area contributed by atoms with E-state index < -0.39 is 11.9 Å². The Morgan fingerprint density at radius 2 is 1.29 bits per heavy atom. The quantitative estimate of drug-likeness (QED) is 0.884. The van der Waals surface area contributed by atoms with Gasteiger partial charge in [0.25, 0.3) is 0 Å². The van der Waals surface area contributed by atoms with Gasteiger partial charge in [0.15, 0.2) is 0 Å². The Morgan fingerprint density at radius 3 is 1.67 bits per heavy atom. The molecule has 0 atom stereocenters. The molecule has 2 N–H and O–H groups in total. The van der Waals surface area contributed by atoms with Gasteiger partial charge in [-0.25, -0.2) is 9.59 Å². The molecule has 0 amide bonds. The third kappa shape index (κ3) is 3.32. The number of carboxylic acids is 2. The third-order valence-electron chi connectivity index (χ3n) is 3.26. The lowest BCUT2D eigenvalue weighted by Crippen LogP contribution is -2.03. The zero-order valence-electron chi connectivity index (χ0n) is 12.4. The molecule has 7 heteroatoms. The highest BCUT2D eigenvalue weighted by Gasteiger charge is 2.14. The lowest BCUT2D eigenvalue weighted by Gasteiger charge is -2.10. The summed E-state index contributed by atoms with van der Waals surface area (Å²) < 4.78 is 5.47. The first-order valence-corrected chi connectivity index (χ1v) is 6.60. The molecule has 0 saturated heterocycles. The zero-order valence-corrected chi connectivity index (χ0v) is 12.4. The molecule has 0 fully saturated rings. The van der Waals surface area contributed by atoms with Crippen molar-refractivity contribution in [1.29, 1.82) is 10.5 Å². The minimum Gasteiger partial charge on any atom is -0.478 e. The smallest absolute Gasteiger partial charge is 0.335 e. The highest BCUT2D eigenvalue weighted by Crippen LogP contribution is 2.28. The fraction of sp³-hybridized carbons (Fsp3) is 0.0588. The van der Waals surface area contributed by atoms with Crippen molar-refractivity contribution >= 4 is 11.9 Å². The molecule has 0 aliphatic heterocycles. The van der Waals surface area contributed by atoms with E-state index in [0.29, 0.717) is 5.56 Å². The van der Waals surface area contributed by atoms with Gasteiger partial charge in [-0.1, -0.05) is 0 Å². The maximum Gasteiger partial charge on any atom is 0.335 e. The summed E-state index contributed by atoms with van der Waals surface area (Å²) in [5.41, 5.74) is 0.461. The summed E-state index contributed by atoms with van der Waals surface area (Å²) >= 11 is 0. The van der Waals surface area contributed by atoms with Gasteiger partial charge in [0.2, 0.25) is 0 Å². The Labute approximate surface area is 136 Å². The summed E-state index contributed by atoms with van der Waals surface area (Å²) in [6, 6.07) is 9.98. The number of aromatic carboxylic acids is 2. The molecule has 2 aromatic rings. The fourth-order valence-electron chi connectivity index (χ4n) is 2.02. The van der Waals surface area contributed by atoms with Crippen LogP contribution in [0, 0.1) is 29.6 Å². The van der Waals surface area contributed by atoms with E-state index in [1.54, 1.807) is 6.92 Å². The topological polar surface area (TPSA) is 131 Å². The van der Waals surface area contributed by atoms with Crippen LogP contribution in [0.15, 0.2) is 30.3 Å². The Bertz CT molecular complexity index is 868. The molecule has 0 unspecified atom stereocenters.